The lowest BCUT2D eigenvalue weighted by Gasteiger charge is -1.95. The fourth-order valence-electron chi connectivity index (χ4n) is 1.39. The first-order valence-electron chi connectivity index (χ1n) is 5.50. The zero-order valence-corrected chi connectivity index (χ0v) is 13.0. The van der Waals surface area contributed by atoms with Gasteiger partial charge in [0.1, 0.15) is 5.01 Å². The fourth-order valence-corrected chi connectivity index (χ4v) is 3.81. The summed E-state index contributed by atoms with van der Waals surface area (Å²) >= 11 is 6.94. The lowest BCUT2D eigenvalue weighted by Crippen LogP contribution is -2.15. The van der Waals surface area contributed by atoms with E-state index in [0.717, 1.165) is 29.5 Å². The van der Waals surface area contributed by atoms with E-state index < -0.39 is 0 Å². The number of hydrogen-bond donors (Lipinski definition) is 1. The van der Waals surface area contributed by atoms with E-state index in [4.69, 9.17) is 0 Å². The maximum absolute atomic E-state index is 4.25. The highest BCUT2D eigenvalue weighted by molar-refractivity contribution is 9.11. The highest BCUT2D eigenvalue weighted by Crippen LogP contribution is 2.35. The van der Waals surface area contributed by atoms with Crippen LogP contribution >= 0.6 is 38.6 Å². The summed E-state index contributed by atoms with van der Waals surface area (Å²) in [4.78, 5) is 1.20. The van der Waals surface area contributed by atoms with Crippen molar-refractivity contribution in [3.8, 4) is 9.88 Å². The van der Waals surface area contributed by atoms with E-state index in [9.17, 15) is 0 Å². The molecule has 0 radical (unpaired) electrons. The maximum atomic E-state index is 4.25. The Bertz CT molecular complexity index is 473. The molecule has 2 heterocycles. The first-order chi connectivity index (χ1) is 8.20. The Labute approximate surface area is 117 Å². The summed E-state index contributed by atoms with van der Waals surface area (Å²) in [7, 11) is 0. The van der Waals surface area contributed by atoms with Gasteiger partial charge >= 0.3 is 0 Å². The molecule has 1 N–H and O–H groups in total. The minimum absolute atomic E-state index is 0.955. The third-order valence-corrected chi connectivity index (χ3v) is 5.59. The molecule has 17 heavy (non-hydrogen) atoms. The Morgan fingerprint density at radius 3 is 2.82 bits per heavy atom. The average Bonchev–Trinajstić information content (AvgIpc) is 2.88. The van der Waals surface area contributed by atoms with Gasteiger partial charge in [-0.3, -0.25) is 0 Å². The van der Waals surface area contributed by atoms with Crippen molar-refractivity contribution in [2.24, 2.45) is 0 Å². The Balaban J connectivity index is 2.07. The van der Waals surface area contributed by atoms with Crippen molar-refractivity contribution in [3.05, 3.63) is 20.4 Å². The molecule has 3 nitrogen and oxygen atoms in total. The van der Waals surface area contributed by atoms with Gasteiger partial charge in [-0.05, 0) is 41.0 Å². The number of aromatic nitrogens is 2. The average molecular weight is 332 g/mol. The van der Waals surface area contributed by atoms with Crippen LogP contribution in [0.5, 0.6) is 0 Å². The molecule has 6 heteroatoms. The van der Waals surface area contributed by atoms with Gasteiger partial charge in [0.15, 0.2) is 5.01 Å². The maximum Gasteiger partial charge on any atom is 0.157 e. The van der Waals surface area contributed by atoms with Crippen molar-refractivity contribution < 1.29 is 0 Å². The second kappa shape index (κ2) is 6.04. The van der Waals surface area contributed by atoms with E-state index in [1.54, 1.807) is 22.7 Å². The van der Waals surface area contributed by atoms with Gasteiger partial charge in [-0.15, -0.1) is 21.5 Å². The smallest absolute Gasteiger partial charge is 0.157 e. The fraction of sp³-hybridized carbons (Fsp3) is 0.455. The van der Waals surface area contributed by atoms with Crippen LogP contribution in [0.15, 0.2) is 9.85 Å². The molecule has 2 aromatic rings. The number of nitrogens with zero attached hydrogens (tertiary/aromatic N) is 2. The molecule has 0 unspecified atom stereocenters. The summed E-state index contributed by atoms with van der Waals surface area (Å²) < 4.78 is 1.18. The monoisotopic (exact) mass is 331 g/mol. The first kappa shape index (κ1) is 13.1. The van der Waals surface area contributed by atoms with Crippen LogP contribution in [0.2, 0.25) is 0 Å². The van der Waals surface area contributed by atoms with Gasteiger partial charge in [0, 0.05) is 13.0 Å². The first-order valence-corrected chi connectivity index (χ1v) is 7.92. The van der Waals surface area contributed by atoms with Crippen LogP contribution in [0.1, 0.15) is 17.5 Å². The number of halogens is 1. The standard InChI is InChI=1S/C11H14BrN3S2/c1-3-13-5-4-9-14-15-11(17-9)8-6-7(2)10(12)16-8/h6,13H,3-5H2,1-2H3. The van der Waals surface area contributed by atoms with Crippen molar-refractivity contribution in [1.82, 2.24) is 15.5 Å². The van der Waals surface area contributed by atoms with E-state index in [0.29, 0.717) is 0 Å². The van der Waals surface area contributed by atoms with Crippen LogP contribution in [0.25, 0.3) is 9.88 Å². The summed E-state index contributed by atoms with van der Waals surface area (Å²) in [5.41, 5.74) is 1.26. The molecule has 2 aromatic heterocycles. The molecule has 0 aliphatic carbocycles. The van der Waals surface area contributed by atoms with Crippen LogP contribution in [0.4, 0.5) is 0 Å². The Kier molecular flexibility index (Phi) is 4.67. The molecular formula is C11H14BrN3S2. The molecule has 0 aliphatic rings. The van der Waals surface area contributed by atoms with Crippen LogP contribution in [-0.4, -0.2) is 23.3 Å². The van der Waals surface area contributed by atoms with E-state index in [2.05, 4.69) is 51.4 Å². The molecule has 0 atom stereocenters. The summed E-state index contributed by atoms with van der Waals surface area (Å²) in [5, 5.41) is 13.9. The third-order valence-electron chi connectivity index (χ3n) is 2.30. The molecule has 0 amide bonds. The second-order valence-corrected chi connectivity index (χ2v) is 7.10. The Morgan fingerprint density at radius 1 is 1.35 bits per heavy atom. The largest absolute Gasteiger partial charge is 0.317 e. The molecule has 0 aliphatic heterocycles. The molecule has 0 saturated carbocycles. The van der Waals surface area contributed by atoms with Gasteiger partial charge in [0.05, 0.1) is 8.66 Å². The molecule has 92 valence electrons. The van der Waals surface area contributed by atoms with E-state index in [1.165, 1.54) is 14.2 Å². The van der Waals surface area contributed by atoms with Crippen LogP contribution in [0.3, 0.4) is 0 Å². The SMILES string of the molecule is CCNCCc1nnc(-c2cc(C)c(Br)s2)s1. The number of likely N-dealkylation sites (N-methyl/N-ethyl adjacent to an activating group) is 1. The van der Waals surface area contributed by atoms with Gasteiger partial charge in [-0.2, -0.15) is 0 Å². The molecule has 0 fully saturated rings. The Morgan fingerprint density at radius 2 is 2.18 bits per heavy atom. The summed E-state index contributed by atoms with van der Waals surface area (Å²) in [6.07, 6.45) is 0.955. The summed E-state index contributed by atoms with van der Waals surface area (Å²) in [6.45, 7) is 6.18. The molecule has 0 bridgehead atoms. The van der Waals surface area contributed by atoms with Crippen LogP contribution < -0.4 is 5.32 Å². The number of nitrogens with one attached hydrogen (secondary N) is 1. The molecule has 2 rings (SSSR count). The van der Waals surface area contributed by atoms with Gasteiger partial charge < -0.3 is 5.32 Å². The van der Waals surface area contributed by atoms with E-state index in [1.807, 2.05) is 0 Å². The lowest BCUT2D eigenvalue weighted by atomic mass is 10.3. The topological polar surface area (TPSA) is 37.8 Å². The number of rotatable bonds is 5. The van der Waals surface area contributed by atoms with Crippen molar-refractivity contribution >= 4 is 38.6 Å². The van der Waals surface area contributed by atoms with Gasteiger partial charge in [0.2, 0.25) is 0 Å². The summed E-state index contributed by atoms with van der Waals surface area (Å²) in [5.74, 6) is 0. The van der Waals surface area contributed by atoms with Crippen molar-refractivity contribution in [1.29, 1.82) is 0 Å². The van der Waals surface area contributed by atoms with Crippen molar-refractivity contribution in [2.45, 2.75) is 20.3 Å². The lowest BCUT2D eigenvalue weighted by molar-refractivity contribution is 0.710. The van der Waals surface area contributed by atoms with Crippen molar-refractivity contribution in [2.75, 3.05) is 13.1 Å². The predicted molar refractivity (Wildman–Crippen MR) is 77.9 cm³/mol. The van der Waals surface area contributed by atoms with Crippen molar-refractivity contribution in [3.63, 3.8) is 0 Å². The van der Waals surface area contributed by atoms with Gasteiger partial charge in [-0.1, -0.05) is 18.3 Å². The number of hydrogen-bond acceptors (Lipinski definition) is 5. The van der Waals surface area contributed by atoms with Crippen LogP contribution in [0, 0.1) is 6.92 Å². The highest BCUT2D eigenvalue weighted by Gasteiger charge is 2.10. The molecule has 0 spiro atoms. The molecule has 0 aromatic carbocycles. The quantitative estimate of drug-likeness (QED) is 0.852. The minimum atomic E-state index is 0.955. The van der Waals surface area contributed by atoms with E-state index >= 15 is 0 Å². The van der Waals surface area contributed by atoms with Gasteiger partial charge in [0.25, 0.3) is 0 Å². The number of aryl methyl sites for hydroxylation is 1. The normalized spacial score (nSPS) is 11.0. The second-order valence-electron chi connectivity index (χ2n) is 3.67. The minimum Gasteiger partial charge on any atom is -0.317 e. The summed E-state index contributed by atoms with van der Waals surface area (Å²) in [6, 6.07) is 2.16. The predicted octanol–water partition coefficient (Wildman–Crippen LogP) is 3.49. The Hall–Kier alpha value is -0.300. The number of thiophene rings is 1. The zero-order valence-electron chi connectivity index (χ0n) is 9.79. The van der Waals surface area contributed by atoms with E-state index in [-0.39, 0.29) is 0 Å². The van der Waals surface area contributed by atoms with Crippen LogP contribution in [-0.2, 0) is 6.42 Å². The zero-order chi connectivity index (χ0) is 12.3. The third kappa shape index (κ3) is 3.34. The highest BCUT2D eigenvalue weighted by atomic mass is 79.9. The molecular weight excluding hydrogens is 318 g/mol. The van der Waals surface area contributed by atoms with Gasteiger partial charge in [-0.25, -0.2) is 0 Å². The molecule has 0 saturated heterocycles.